The van der Waals surface area contributed by atoms with Crippen LogP contribution in [0.5, 0.6) is 0 Å². The van der Waals surface area contributed by atoms with Crippen molar-refractivity contribution in [3.8, 4) is 0 Å². The summed E-state index contributed by atoms with van der Waals surface area (Å²) in [5.41, 5.74) is 0. The van der Waals surface area contributed by atoms with Gasteiger partial charge in [-0.3, -0.25) is 4.79 Å². The van der Waals surface area contributed by atoms with Crippen molar-refractivity contribution < 1.29 is 20.1 Å². The molecule has 4 N–H and O–H groups in total. The molecule has 0 rings (SSSR count). The number of rotatable bonds is 43. The lowest BCUT2D eigenvalue weighted by molar-refractivity contribution is -0.124. The molecule has 0 heterocycles. The summed E-state index contributed by atoms with van der Waals surface area (Å²) in [4.78, 5) is 12.5. The number of allylic oxidation sites excluding steroid dienone is 3. The van der Waals surface area contributed by atoms with Gasteiger partial charge in [0.15, 0.2) is 0 Å². The fourth-order valence-electron chi connectivity index (χ4n) is 7.36. The van der Waals surface area contributed by atoms with Crippen molar-refractivity contribution >= 4 is 5.91 Å². The number of unbranched alkanes of at least 4 members (excludes halogenated alkanes) is 32. The van der Waals surface area contributed by atoms with Crippen LogP contribution >= 0.6 is 0 Å². The van der Waals surface area contributed by atoms with Gasteiger partial charge in [-0.05, 0) is 32.1 Å². The van der Waals surface area contributed by atoms with Gasteiger partial charge in [-0.15, -0.1) is 0 Å². The molecule has 0 bridgehead atoms. The minimum absolute atomic E-state index is 0.00992. The summed E-state index contributed by atoms with van der Waals surface area (Å²) in [7, 11) is 0. The Morgan fingerprint density at radius 3 is 1.21 bits per heavy atom. The van der Waals surface area contributed by atoms with Crippen molar-refractivity contribution in [3.63, 3.8) is 0 Å². The maximum Gasteiger partial charge on any atom is 0.222 e. The summed E-state index contributed by atoms with van der Waals surface area (Å²) in [6.45, 7) is 4.22. The fourth-order valence-corrected chi connectivity index (χ4v) is 7.36. The van der Waals surface area contributed by atoms with Crippen molar-refractivity contribution in [1.82, 2.24) is 5.32 Å². The Hall–Kier alpha value is -1.17. The van der Waals surface area contributed by atoms with Crippen LogP contribution in [0.15, 0.2) is 24.3 Å². The average molecular weight is 748 g/mol. The van der Waals surface area contributed by atoms with E-state index >= 15 is 0 Å². The van der Waals surface area contributed by atoms with Crippen molar-refractivity contribution in [2.45, 2.75) is 270 Å². The van der Waals surface area contributed by atoms with E-state index in [2.05, 4.69) is 31.3 Å². The molecule has 0 radical (unpaired) electrons. The van der Waals surface area contributed by atoms with Crippen LogP contribution in [-0.2, 0) is 4.79 Å². The number of hydrogen-bond acceptors (Lipinski definition) is 4. The Labute approximate surface area is 331 Å². The van der Waals surface area contributed by atoms with E-state index in [4.69, 9.17) is 0 Å². The predicted octanol–water partition coefficient (Wildman–Crippen LogP) is 13.8. The first kappa shape index (κ1) is 51.8. The summed E-state index contributed by atoms with van der Waals surface area (Å²) >= 11 is 0. The first-order valence-electron chi connectivity index (χ1n) is 23.6. The van der Waals surface area contributed by atoms with Gasteiger partial charge in [0.1, 0.15) is 0 Å². The van der Waals surface area contributed by atoms with E-state index in [1.807, 2.05) is 6.08 Å². The zero-order valence-electron chi connectivity index (χ0n) is 35.7. The number of aliphatic hydroxyl groups is 3. The smallest absolute Gasteiger partial charge is 0.222 e. The molecule has 0 aliphatic heterocycles. The maximum absolute atomic E-state index is 12.5. The molecule has 3 atom stereocenters. The molecule has 5 heteroatoms. The van der Waals surface area contributed by atoms with E-state index in [0.717, 1.165) is 32.1 Å². The molecule has 3 unspecified atom stereocenters. The van der Waals surface area contributed by atoms with Crippen LogP contribution in [0.2, 0.25) is 0 Å². The van der Waals surface area contributed by atoms with Crippen LogP contribution in [0.25, 0.3) is 0 Å². The van der Waals surface area contributed by atoms with Crippen LogP contribution in [0.3, 0.4) is 0 Å². The highest BCUT2D eigenvalue weighted by Gasteiger charge is 2.20. The molecule has 0 aromatic rings. The third-order valence-corrected chi connectivity index (χ3v) is 11.0. The van der Waals surface area contributed by atoms with Crippen molar-refractivity contribution in [1.29, 1.82) is 0 Å². The second-order valence-corrected chi connectivity index (χ2v) is 16.4. The third-order valence-electron chi connectivity index (χ3n) is 11.0. The van der Waals surface area contributed by atoms with Crippen LogP contribution in [0.4, 0.5) is 0 Å². The number of nitrogens with one attached hydrogen (secondary N) is 1. The Morgan fingerprint density at radius 1 is 0.472 bits per heavy atom. The van der Waals surface area contributed by atoms with Crippen LogP contribution < -0.4 is 5.32 Å². The quantitative estimate of drug-likeness (QED) is 0.0369. The zero-order chi connectivity index (χ0) is 38.7. The Morgan fingerprint density at radius 2 is 0.811 bits per heavy atom. The largest absolute Gasteiger partial charge is 0.394 e. The molecule has 53 heavy (non-hydrogen) atoms. The minimum atomic E-state index is -0.949. The third kappa shape index (κ3) is 40.3. The van der Waals surface area contributed by atoms with Crippen LogP contribution in [-0.4, -0.2) is 46.1 Å². The Bertz CT molecular complexity index is 784. The number of hydrogen-bond donors (Lipinski definition) is 4. The van der Waals surface area contributed by atoms with E-state index in [0.29, 0.717) is 6.42 Å². The Kier molecular flexibility index (Phi) is 42.6. The fraction of sp³-hybridized carbons (Fsp3) is 0.896. The molecular formula is C48H93NO4. The summed E-state index contributed by atoms with van der Waals surface area (Å²) < 4.78 is 0. The summed E-state index contributed by atoms with van der Waals surface area (Å²) in [5, 5.41) is 33.3. The lowest BCUT2D eigenvalue weighted by Crippen LogP contribution is -2.45. The van der Waals surface area contributed by atoms with E-state index in [1.54, 1.807) is 6.08 Å². The summed E-state index contributed by atoms with van der Waals surface area (Å²) in [6.07, 6.45) is 53.3. The van der Waals surface area contributed by atoms with Crippen molar-refractivity contribution in [2.24, 2.45) is 0 Å². The molecule has 0 aliphatic rings. The van der Waals surface area contributed by atoms with Crippen molar-refractivity contribution in [3.05, 3.63) is 24.3 Å². The molecule has 1 amide bonds. The van der Waals surface area contributed by atoms with Crippen molar-refractivity contribution in [2.75, 3.05) is 6.61 Å². The van der Waals surface area contributed by atoms with E-state index < -0.39 is 18.2 Å². The predicted molar refractivity (Wildman–Crippen MR) is 231 cm³/mol. The topological polar surface area (TPSA) is 89.8 Å². The highest BCUT2D eigenvalue weighted by Crippen LogP contribution is 2.16. The SMILES string of the molecule is CCCCCCCCCCCCCCCC/C=C/CC/C=C/C(O)C(CO)NC(=O)CC(O)CCCCCCCCCCCCCCCCCCCC. The van der Waals surface area contributed by atoms with E-state index in [-0.39, 0.29) is 18.9 Å². The maximum atomic E-state index is 12.5. The molecule has 0 saturated heterocycles. The van der Waals surface area contributed by atoms with Gasteiger partial charge in [-0.1, -0.05) is 237 Å². The lowest BCUT2D eigenvalue weighted by atomic mass is 10.0. The Balaban J connectivity index is 3.66. The summed E-state index contributed by atoms with van der Waals surface area (Å²) in [5.74, 6) is -0.321. The highest BCUT2D eigenvalue weighted by atomic mass is 16.3. The minimum Gasteiger partial charge on any atom is -0.394 e. The van der Waals surface area contributed by atoms with Gasteiger partial charge >= 0.3 is 0 Å². The van der Waals surface area contributed by atoms with E-state index in [1.165, 1.54) is 193 Å². The number of carbonyl (C=O) groups is 1. The number of aliphatic hydroxyl groups excluding tert-OH is 3. The second kappa shape index (κ2) is 43.6. The van der Waals surface area contributed by atoms with Gasteiger partial charge in [0, 0.05) is 0 Å². The highest BCUT2D eigenvalue weighted by molar-refractivity contribution is 5.76. The molecule has 5 nitrogen and oxygen atoms in total. The molecule has 0 aromatic heterocycles. The zero-order valence-corrected chi connectivity index (χ0v) is 35.7. The second-order valence-electron chi connectivity index (χ2n) is 16.4. The standard InChI is InChI=1S/C48H93NO4/c1-3-5-7-9-11-13-15-17-19-21-23-24-26-28-30-32-34-36-38-40-42-47(52)46(44-50)49-48(53)43-45(51)41-39-37-35-33-31-29-27-25-22-20-18-16-14-12-10-8-6-4-2/h32,34,40,42,45-47,50-52H,3-31,33,35-39,41,43-44H2,1-2H3,(H,49,53)/b34-32+,42-40+. The molecule has 314 valence electrons. The molecule has 0 saturated carbocycles. The average Bonchev–Trinajstić information content (AvgIpc) is 3.15. The first-order chi connectivity index (χ1) is 26.0. The first-order valence-corrected chi connectivity index (χ1v) is 23.6. The van der Waals surface area contributed by atoms with E-state index in [9.17, 15) is 20.1 Å². The van der Waals surface area contributed by atoms with Crippen LogP contribution in [0.1, 0.15) is 251 Å². The van der Waals surface area contributed by atoms with Gasteiger partial charge in [-0.25, -0.2) is 0 Å². The molecule has 0 spiro atoms. The van der Waals surface area contributed by atoms with Gasteiger partial charge < -0.3 is 20.6 Å². The van der Waals surface area contributed by atoms with Gasteiger partial charge in [0.2, 0.25) is 5.91 Å². The lowest BCUT2D eigenvalue weighted by Gasteiger charge is -2.21. The molecule has 0 fully saturated rings. The number of carbonyl (C=O) groups excluding carboxylic acids is 1. The number of amides is 1. The molecule has 0 aromatic carbocycles. The van der Waals surface area contributed by atoms with Gasteiger partial charge in [0.05, 0.1) is 31.3 Å². The van der Waals surface area contributed by atoms with Gasteiger partial charge in [0.25, 0.3) is 0 Å². The monoisotopic (exact) mass is 748 g/mol. The molecule has 0 aliphatic carbocycles. The van der Waals surface area contributed by atoms with Crippen LogP contribution in [0, 0.1) is 0 Å². The van der Waals surface area contributed by atoms with Gasteiger partial charge in [-0.2, -0.15) is 0 Å². The normalized spacial score (nSPS) is 13.7. The summed E-state index contributed by atoms with van der Waals surface area (Å²) in [6, 6.07) is -0.757. The molecular weight excluding hydrogens is 655 g/mol.